The lowest BCUT2D eigenvalue weighted by Crippen LogP contribution is -2.13. The number of anilines is 1. The normalized spacial score (nSPS) is 10.8. The maximum atomic E-state index is 13.5. The van der Waals surface area contributed by atoms with Crippen LogP contribution in [0, 0.1) is 19.7 Å². The number of para-hydroxylation sites is 1. The van der Waals surface area contributed by atoms with Crippen molar-refractivity contribution in [3.8, 4) is 0 Å². The number of hydrogen-bond donors (Lipinski definition) is 2. The number of carbonyl (C=O) groups is 1. The van der Waals surface area contributed by atoms with E-state index in [0.717, 1.165) is 16.6 Å². The molecule has 3 nitrogen and oxygen atoms in total. The lowest BCUT2D eigenvalue weighted by molar-refractivity contribution is 0.102. The van der Waals surface area contributed by atoms with E-state index in [1.54, 1.807) is 19.1 Å². The fourth-order valence-corrected chi connectivity index (χ4v) is 2.43. The summed E-state index contributed by atoms with van der Waals surface area (Å²) in [5, 5.41) is 3.61. The smallest absolute Gasteiger partial charge is 0.258 e. The van der Waals surface area contributed by atoms with Gasteiger partial charge in [-0.05, 0) is 37.6 Å². The molecule has 3 rings (SSSR count). The van der Waals surface area contributed by atoms with Gasteiger partial charge in [0, 0.05) is 22.3 Å². The number of aryl methyl sites for hydroxylation is 2. The third-order valence-electron chi connectivity index (χ3n) is 3.55. The highest BCUT2D eigenvalue weighted by Gasteiger charge is 2.16. The van der Waals surface area contributed by atoms with Crippen molar-refractivity contribution < 1.29 is 9.18 Å². The molecule has 0 saturated heterocycles. The third-order valence-corrected chi connectivity index (χ3v) is 3.55. The van der Waals surface area contributed by atoms with E-state index in [4.69, 9.17) is 0 Å². The van der Waals surface area contributed by atoms with E-state index < -0.39 is 0 Å². The number of aromatic nitrogens is 1. The Kier molecular flexibility index (Phi) is 3.22. The van der Waals surface area contributed by atoms with Crippen molar-refractivity contribution in [2.75, 3.05) is 5.32 Å². The van der Waals surface area contributed by atoms with Crippen LogP contribution < -0.4 is 5.32 Å². The predicted molar refractivity (Wildman–Crippen MR) is 82.1 cm³/mol. The van der Waals surface area contributed by atoms with Gasteiger partial charge in [-0.3, -0.25) is 4.79 Å². The van der Waals surface area contributed by atoms with Crippen LogP contribution in [0.2, 0.25) is 0 Å². The molecule has 2 N–H and O–H groups in total. The van der Waals surface area contributed by atoms with Gasteiger partial charge in [0.1, 0.15) is 5.82 Å². The molecule has 1 aromatic heterocycles. The molecule has 0 fully saturated rings. The molecular formula is C17H15FN2O. The van der Waals surface area contributed by atoms with Crippen LogP contribution in [0.1, 0.15) is 21.6 Å². The van der Waals surface area contributed by atoms with Crippen molar-refractivity contribution in [1.29, 1.82) is 0 Å². The number of halogens is 1. The summed E-state index contributed by atoms with van der Waals surface area (Å²) in [6, 6.07) is 12.3. The Bertz CT molecular complexity index is 836. The maximum absolute atomic E-state index is 13.5. The molecule has 0 unspecified atom stereocenters. The van der Waals surface area contributed by atoms with Crippen LogP contribution in [0.3, 0.4) is 0 Å². The second-order valence-corrected chi connectivity index (χ2v) is 5.09. The van der Waals surface area contributed by atoms with Crippen molar-refractivity contribution in [3.05, 3.63) is 65.1 Å². The Labute approximate surface area is 121 Å². The number of carbonyl (C=O) groups excluding carboxylic acids is 1. The van der Waals surface area contributed by atoms with E-state index in [-0.39, 0.29) is 11.7 Å². The van der Waals surface area contributed by atoms with Crippen LogP contribution in [0.15, 0.2) is 42.5 Å². The predicted octanol–water partition coefficient (Wildman–Crippen LogP) is 4.18. The van der Waals surface area contributed by atoms with Gasteiger partial charge >= 0.3 is 0 Å². The molecule has 2 aromatic carbocycles. The summed E-state index contributed by atoms with van der Waals surface area (Å²) in [6.07, 6.45) is 0. The molecular weight excluding hydrogens is 267 g/mol. The molecule has 106 valence electrons. The van der Waals surface area contributed by atoms with Gasteiger partial charge in [-0.2, -0.15) is 0 Å². The molecule has 0 aliphatic carbocycles. The highest BCUT2D eigenvalue weighted by molar-refractivity contribution is 6.13. The van der Waals surface area contributed by atoms with Crippen molar-refractivity contribution in [2.24, 2.45) is 0 Å². The number of fused-ring (bicyclic) bond motifs is 1. The first-order chi connectivity index (χ1) is 10.1. The lowest BCUT2D eigenvalue weighted by Gasteiger charge is -2.06. The van der Waals surface area contributed by atoms with Crippen LogP contribution in [-0.4, -0.2) is 10.9 Å². The minimum absolute atomic E-state index is 0.242. The Morgan fingerprint density at radius 2 is 1.90 bits per heavy atom. The number of rotatable bonds is 2. The van der Waals surface area contributed by atoms with E-state index in [0.29, 0.717) is 16.8 Å². The van der Waals surface area contributed by atoms with Gasteiger partial charge in [-0.1, -0.05) is 24.3 Å². The van der Waals surface area contributed by atoms with E-state index in [9.17, 15) is 9.18 Å². The average molecular weight is 282 g/mol. The summed E-state index contributed by atoms with van der Waals surface area (Å²) in [7, 11) is 0. The second kappa shape index (κ2) is 5.05. The molecule has 3 aromatic rings. The number of aromatic amines is 1. The minimum Gasteiger partial charge on any atom is -0.358 e. The topological polar surface area (TPSA) is 44.9 Å². The standard InChI is InChI=1S/C17H15FN2O/c1-10-7-8-12(9-14(10)18)20-17(21)16-11(2)19-15-6-4-3-5-13(15)16/h3-9,19H,1-2H3,(H,20,21). The second-order valence-electron chi connectivity index (χ2n) is 5.09. The summed E-state index contributed by atoms with van der Waals surface area (Å²) < 4.78 is 13.5. The van der Waals surface area contributed by atoms with E-state index in [2.05, 4.69) is 10.3 Å². The molecule has 0 atom stereocenters. The number of nitrogens with one attached hydrogen (secondary N) is 2. The fraction of sp³-hybridized carbons (Fsp3) is 0.118. The van der Waals surface area contributed by atoms with Crippen LogP contribution in [0.5, 0.6) is 0 Å². The molecule has 0 saturated carbocycles. The molecule has 0 radical (unpaired) electrons. The van der Waals surface area contributed by atoms with Gasteiger partial charge in [-0.25, -0.2) is 4.39 Å². The van der Waals surface area contributed by atoms with Crippen LogP contribution in [-0.2, 0) is 0 Å². The summed E-state index contributed by atoms with van der Waals surface area (Å²) in [6.45, 7) is 3.54. The summed E-state index contributed by atoms with van der Waals surface area (Å²) in [5.41, 5.74) is 3.30. The third kappa shape index (κ3) is 2.40. The Balaban J connectivity index is 1.97. The summed E-state index contributed by atoms with van der Waals surface area (Å²) in [4.78, 5) is 15.6. The molecule has 0 spiro atoms. The molecule has 4 heteroatoms. The number of benzene rings is 2. The molecule has 21 heavy (non-hydrogen) atoms. The van der Waals surface area contributed by atoms with Crippen molar-refractivity contribution in [2.45, 2.75) is 13.8 Å². The first kappa shape index (κ1) is 13.4. The molecule has 1 amide bonds. The quantitative estimate of drug-likeness (QED) is 0.727. The Hall–Kier alpha value is -2.62. The molecule has 1 heterocycles. The SMILES string of the molecule is Cc1ccc(NC(=O)c2c(C)[nH]c3ccccc23)cc1F. The van der Waals surface area contributed by atoms with Gasteiger partial charge < -0.3 is 10.3 Å². The average Bonchev–Trinajstić information content (AvgIpc) is 2.78. The van der Waals surface area contributed by atoms with E-state index >= 15 is 0 Å². The molecule has 0 aliphatic rings. The monoisotopic (exact) mass is 282 g/mol. The highest BCUT2D eigenvalue weighted by atomic mass is 19.1. The zero-order chi connectivity index (χ0) is 15.0. The first-order valence-electron chi connectivity index (χ1n) is 6.71. The van der Waals surface area contributed by atoms with Gasteiger partial charge in [0.25, 0.3) is 5.91 Å². The van der Waals surface area contributed by atoms with Crippen LogP contribution in [0.25, 0.3) is 10.9 Å². The van der Waals surface area contributed by atoms with E-state index in [1.165, 1.54) is 6.07 Å². The van der Waals surface area contributed by atoms with Gasteiger partial charge in [0.05, 0.1) is 5.56 Å². The van der Waals surface area contributed by atoms with Gasteiger partial charge in [0.15, 0.2) is 0 Å². The van der Waals surface area contributed by atoms with Crippen molar-refractivity contribution in [1.82, 2.24) is 4.98 Å². The number of H-pyrrole nitrogens is 1. The van der Waals surface area contributed by atoms with Crippen LogP contribution >= 0.6 is 0 Å². The van der Waals surface area contributed by atoms with Crippen molar-refractivity contribution >= 4 is 22.5 Å². The number of hydrogen-bond acceptors (Lipinski definition) is 1. The van der Waals surface area contributed by atoms with E-state index in [1.807, 2.05) is 31.2 Å². The van der Waals surface area contributed by atoms with Gasteiger partial charge in [-0.15, -0.1) is 0 Å². The van der Waals surface area contributed by atoms with Crippen LogP contribution in [0.4, 0.5) is 10.1 Å². The fourth-order valence-electron chi connectivity index (χ4n) is 2.43. The lowest BCUT2D eigenvalue weighted by atomic mass is 10.1. The number of amides is 1. The molecule has 0 aliphatic heterocycles. The maximum Gasteiger partial charge on any atom is 0.258 e. The summed E-state index contributed by atoms with van der Waals surface area (Å²) in [5.74, 6) is -0.573. The molecule has 0 bridgehead atoms. The van der Waals surface area contributed by atoms with Gasteiger partial charge in [0.2, 0.25) is 0 Å². The largest absolute Gasteiger partial charge is 0.358 e. The van der Waals surface area contributed by atoms with Crippen molar-refractivity contribution in [3.63, 3.8) is 0 Å². The minimum atomic E-state index is -0.330. The Morgan fingerprint density at radius 3 is 2.67 bits per heavy atom. The summed E-state index contributed by atoms with van der Waals surface area (Å²) >= 11 is 0. The highest BCUT2D eigenvalue weighted by Crippen LogP contribution is 2.23. The zero-order valence-corrected chi connectivity index (χ0v) is 11.8. The zero-order valence-electron chi connectivity index (χ0n) is 11.8. The Morgan fingerprint density at radius 1 is 1.14 bits per heavy atom. The first-order valence-corrected chi connectivity index (χ1v) is 6.71.